The Balaban J connectivity index is 1.91. The molecule has 1 aliphatic heterocycles. The fourth-order valence-corrected chi connectivity index (χ4v) is 4.46. The highest BCUT2D eigenvalue weighted by Gasteiger charge is 2.36. The standard InChI is InChI=1S/C25H24ClNO4/c1-16(28)30-31-22(29)13-20-23(18-9-11-19(26)12-10-18)24(17-7-5-4-6-8-17)21-14-25(2,3)15-27(20)21/h4-12H,13-15H2,1-3H3. The van der Waals surface area contributed by atoms with Crippen LogP contribution in [0.25, 0.3) is 22.3 Å². The molecule has 1 aromatic heterocycles. The van der Waals surface area contributed by atoms with Crippen LogP contribution in [0.5, 0.6) is 0 Å². The molecule has 0 atom stereocenters. The lowest BCUT2D eigenvalue weighted by atomic mass is 9.86. The van der Waals surface area contributed by atoms with Crippen LogP contribution in [0.15, 0.2) is 54.6 Å². The maximum atomic E-state index is 12.5. The molecule has 0 saturated heterocycles. The van der Waals surface area contributed by atoms with Crippen molar-refractivity contribution in [1.29, 1.82) is 0 Å². The quantitative estimate of drug-likeness (QED) is 0.392. The Morgan fingerprint density at radius 1 is 0.968 bits per heavy atom. The van der Waals surface area contributed by atoms with E-state index in [-0.39, 0.29) is 11.8 Å². The number of hydrogen-bond acceptors (Lipinski definition) is 4. The van der Waals surface area contributed by atoms with Crippen molar-refractivity contribution >= 4 is 23.5 Å². The number of hydrogen-bond donors (Lipinski definition) is 0. The number of rotatable bonds is 4. The molecule has 31 heavy (non-hydrogen) atoms. The maximum absolute atomic E-state index is 12.5. The number of fused-ring (bicyclic) bond motifs is 1. The summed E-state index contributed by atoms with van der Waals surface area (Å²) in [7, 11) is 0. The van der Waals surface area contributed by atoms with E-state index in [4.69, 9.17) is 16.5 Å². The lowest BCUT2D eigenvalue weighted by Crippen LogP contribution is -2.17. The topological polar surface area (TPSA) is 57.5 Å². The molecule has 0 radical (unpaired) electrons. The molecule has 1 aliphatic rings. The van der Waals surface area contributed by atoms with Gasteiger partial charge in [-0.05, 0) is 35.1 Å². The lowest BCUT2D eigenvalue weighted by Gasteiger charge is -2.19. The largest absolute Gasteiger partial charge is 0.361 e. The molecule has 0 saturated carbocycles. The van der Waals surface area contributed by atoms with Gasteiger partial charge in [-0.25, -0.2) is 19.4 Å². The molecule has 160 valence electrons. The average Bonchev–Trinajstić information content (AvgIpc) is 3.18. The van der Waals surface area contributed by atoms with Crippen LogP contribution in [-0.2, 0) is 38.8 Å². The van der Waals surface area contributed by atoms with Crippen molar-refractivity contribution in [2.75, 3.05) is 0 Å². The van der Waals surface area contributed by atoms with Gasteiger partial charge in [-0.15, -0.1) is 0 Å². The third-order valence-corrected chi connectivity index (χ3v) is 5.72. The van der Waals surface area contributed by atoms with Gasteiger partial charge in [0.15, 0.2) is 0 Å². The number of carbonyl (C=O) groups is 2. The van der Waals surface area contributed by atoms with Crippen molar-refractivity contribution in [1.82, 2.24) is 4.57 Å². The molecule has 0 spiro atoms. The van der Waals surface area contributed by atoms with Crippen LogP contribution in [0.3, 0.4) is 0 Å². The third-order valence-electron chi connectivity index (χ3n) is 5.47. The molecule has 0 N–H and O–H groups in total. The number of aromatic nitrogens is 1. The van der Waals surface area contributed by atoms with E-state index in [1.807, 2.05) is 42.5 Å². The summed E-state index contributed by atoms with van der Waals surface area (Å²) in [4.78, 5) is 32.8. The summed E-state index contributed by atoms with van der Waals surface area (Å²) in [6, 6.07) is 17.8. The van der Waals surface area contributed by atoms with Crippen molar-refractivity contribution in [3.63, 3.8) is 0 Å². The monoisotopic (exact) mass is 437 g/mol. The highest BCUT2D eigenvalue weighted by Crippen LogP contribution is 2.47. The van der Waals surface area contributed by atoms with Crippen LogP contribution in [0.1, 0.15) is 32.2 Å². The lowest BCUT2D eigenvalue weighted by molar-refractivity contribution is -0.256. The summed E-state index contributed by atoms with van der Waals surface area (Å²) in [5, 5.41) is 0.647. The Morgan fingerprint density at radius 3 is 2.26 bits per heavy atom. The summed E-state index contributed by atoms with van der Waals surface area (Å²) in [6.07, 6.45) is 0.873. The van der Waals surface area contributed by atoms with Crippen molar-refractivity contribution < 1.29 is 19.4 Å². The van der Waals surface area contributed by atoms with Gasteiger partial charge in [0.2, 0.25) is 0 Å². The van der Waals surface area contributed by atoms with Crippen molar-refractivity contribution in [3.8, 4) is 22.3 Å². The van der Waals surface area contributed by atoms with Gasteiger partial charge in [-0.3, -0.25) is 0 Å². The molecule has 6 heteroatoms. The van der Waals surface area contributed by atoms with Crippen LogP contribution in [0, 0.1) is 5.41 Å². The molecule has 0 bridgehead atoms. The first-order valence-electron chi connectivity index (χ1n) is 10.2. The second-order valence-electron chi connectivity index (χ2n) is 8.65. The second-order valence-corrected chi connectivity index (χ2v) is 9.09. The molecular formula is C25H24ClNO4. The van der Waals surface area contributed by atoms with Gasteiger partial charge in [-0.2, -0.15) is 0 Å². The summed E-state index contributed by atoms with van der Waals surface area (Å²) in [5.41, 5.74) is 6.25. The Hall–Kier alpha value is -3.05. The van der Waals surface area contributed by atoms with Crippen molar-refractivity contribution in [2.24, 2.45) is 5.41 Å². The summed E-state index contributed by atoms with van der Waals surface area (Å²) >= 11 is 6.14. The van der Waals surface area contributed by atoms with Crippen LogP contribution in [-0.4, -0.2) is 16.5 Å². The Bertz CT molecular complexity index is 1130. The summed E-state index contributed by atoms with van der Waals surface area (Å²) in [5.74, 6) is -1.28. The zero-order valence-corrected chi connectivity index (χ0v) is 18.5. The van der Waals surface area contributed by atoms with Gasteiger partial charge in [-0.1, -0.05) is 67.9 Å². The molecule has 4 rings (SSSR count). The van der Waals surface area contributed by atoms with Gasteiger partial charge in [0.1, 0.15) is 0 Å². The Kier molecular flexibility index (Phi) is 5.63. The Labute approximate surface area is 186 Å². The van der Waals surface area contributed by atoms with E-state index in [2.05, 4.69) is 35.4 Å². The number of benzene rings is 2. The fraction of sp³-hybridized carbons (Fsp3) is 0.280. The van der Waals surface area contributed by atoms with E-state index in [1.54, 1.807) is 0 Å². The molecule has 0 amide bonds. The SMILES string of the molecule is CC(=O)OOC(=O)Cc1c(-c2ccc(Cl)cc2)c(-c2ccccc2)c2n1CC(C)(C)C2. The van der Waals surface area contributed by atoms with Crippen LogP contribution < -0.4 is 0 Å². The van der Waals surface area contributed by atoms with E-state index in [0.29, 0.717) is 5.02 Å². The smallest absolute Gasteiger partial charge is 0.346 e. The molecule has 2 heterocycles. The molecule has 3 aromatic rings. The fourth-order valence-electron chi connectivity index (χ4n) is 4.33. The second kappa shape index (κ2) is 8.23. The highest BCUT2D eigenvalue weighted by molar-refractivity contribution is 6.30. The predicted octanol–water partition coefficient (Wildman–Crippen LogP) is 5.62. The first kappa shape index (κ1) is 21.2. The van der Waals surface area contributed by atoms with Crippen molar-refractivity contribution in [3.05, 3.63) is 71.0 Å². The van der Waals surface area contributed by atoms with Gasteiger partial charge < -0.3 is 4.57 Å². The predicted molar refractivity (Wildman–Crippen MR) is 119 cm³/mol. The summed E-state index contributed by atoms with van der Waals surface area (Å²) < 4.78 is 2.22. The molecule has 2 aromatic carbocycles. The maximum Gasteiger partial charge on any atom is 0.361 e. The van der Waals surface area contributed by atoms with Crippen LogP contribution >= 0.6 is 11.6 Å². The minimum atomic E-state index is -0.669. The number of halogens is 1. The minimum Gasteiger partial charge on any atom is -0.346 e. The average molecular weight is 438 g/mol. The van der Waals surface area contributed by atoms with E-state index < -0.39 is 11.9 Å². The number of carbonyl (C=O) groups excluding carboxylic acids is 2. The van der Waals surface area contributed by atoms with E-state index in [1.165, 1.54) is 12.6 Å². The van der Waals surface area contributed by atoms with Gasteiger partial charge in [0.05, 0.1) is 6.42 Å². The minimum absolute atomic E-state index is 0.0127. The van der Waals surface area contributed by atoms with Crippen molar-refractivity contribution in [2.45, 2.75) is 40.2 Å². The third kappa shape index (κ3) is 4.37. The Morgan fingerprint density at radius 2 is 1.61 bits per heavy atom. The first-order valence-corrected chi connectivity index (χ1v) is 10.6. The molecular weight excluding hydrogens is 414 g/mol. The molecule has 5 nitrogen and oxygen atoms in total. The molecule has 0 unspecified atom stereocenters. The van der Waals surface area contributed by atoms with Crippen LogP contribution in [0.2, 0.25) is 5.02 Å². The zero-order chi connectivity index (χ0) is 22.2. The summed E-state index contributed by atoms with van der Waals surface area (Å²) in [6.45, 7) is 6.42. The van der Waals surface area contributed by atoms with Gasteiger partial charge in [0, 0.05) is 41.0 Å². The molecule has 0 aliphatic carbocycles. The van der Waals surface area contributed by atoms with E-state index >= 15 is 0 Å². The van der Waals surface area contributed by atoms with E-state index in [0.717, 1.165) is 40.9 Å². The first-order chi connectivity index (χ1) is 14.7. The van der Waals surface area contributed by atoms with Gasteiger partial charge in [0.25, 0.3) is 0 Å². The van der Waals surface area contributed by atoms with E-state index in [9.17, 15) is 9.59 Å². The highest BCUT2D eigenvalue weighted by atomic mass is 35.5. The zero-order valence-electron chi connectivity index (χ0n) is 17.8. The van der Waals surface area contributed by atoms with Gasteiger partial charge >= 0.3 is 11.9 Å². The normalized spacial score (nSPS) is 14.2. The molecule has 0 fully saturated rings. The van der Waals surface area contributed by atoms with Crippen LogP contribution in [0.4, 0.5) is 0 Å². The number of nitrogens with zero attached hydrogens (tertiary/aromatic N) is 1.